The van der Waals surface area contributed by atoms with Crippen molar-refractivity contribution in [1.82, 2.24) is 19.3 Å². The molecule has 0 amide bonds. The lowest BCUT2D eigenvalue weighted by atomic mass is 10.1. The van der Waals surface area contributed by atoms with Crippen molar-refractivity contribution in [3.05, 3.63) is 35.7 Å². The first-order valence-electron chi connectivity index (χ1n) is 5.78. The fourth-order valence-electron chi connectivity index (χ4n) is 1.93. The standard InChI is InChI=1S/C12H18N4O/c1-4-9-5-10(16(3)14-9)6-12(17)11-7-13-8-15(11)2/h5,7-8,12,17H,4,6H2,1-3H3. The molecule has 0 aliphatic heterocycles. The highest BCUT2D eigenvalue weighted by atomic mass is 16.3. The number of imidazole rings is 1. The minimum atomic E-state index is -0.539. The molecule has 0 radical (unpaired) electrons. The molecule has 0 saturated heterocycles. The van der Waals surface area contributed by atoms with E-state index in [9.17, 15) is 5.11 Å². The number of rotatable bonds is 4. The van der Waals surface area contributed by atoms with Gasteiger partial charge in [-0.05, 0) is 12.5 Å². The van der Waals surface area contributed by atoms with Crippen molar-refractivity contribution in [3.8, 4) is 0 Å². The molecule has 0 aliphatic rings. The number of aromatic nitrogens is 4. The Kier molecular flexibility index (Phi) is 3.28. The van der Waals surface area contributed by atoms with E-state index >= 15 is 0 Å². The van der Waals surface area contributed by atoms with Crippen molar-refractivity contribution in [3.63, 3.8) is 0 Å². The van der Waals surface area contributed by atoms with Crippen LogP contribution in [0, 0.1) is 0 Å². The predicted molar refractivity (Wildman–Crippen MR) is 64.5 cm³/mol. The molecular formula is C12H18N4O. The van der Waals surface area contributed by atoms with Crippen LogP contribution in [0.25, 0.3) is 0 Å². The van der Waals surface area contributed by atoms with Gasteiger partial charge in [0.2, 0.25) is 0 Å². The number of hydrogen-bond donors (Lipinski definition) is 1. The van der Waals surface area contributed by atoms with Gasteiger partial charge >= 0.3 is 0 Å². The zero-order valence-electron chi connectivity index (χ0n) is 10.5. The zero-order chi connectivity index (χ0) is 12.4. The van der Waals surface area contributed by atoms with Gasteiger partial charge in [-0.2, -0.15) is 5.10 Å². The number of aryl methyl sites for hydroxylation is 3. The van der Waals surface area contributed by atoms with Gasteiger partial charge in [0.1, 0.15) is 6.10 Å². The fourth-order valence-corrected chi connectivity index (χ4v) is 1.93. The second-order valence-electron chi connectivity index (χ2n) is 4.25. The molecule has 0 fully saturated rings. The average molecular weight is 234 g/mol. The van der Waals surface area contributed by atoms with E-state index in [-0.39, 0.29) is 0 Å². The van der Waals surface area contributed by atoms with Crippen LogP contribution in [-0.4, -0.2) is 24.4 Å². The van der Waals surface area contributed by atoms with Crippen LogP contribution >= 0.6 is 0 Å². The second kappa shape index (κ2) is 4.71. The summed E-state index contributed by atoms with van der Waals surface area (Å²) in [5.41, 5.74) is 2.92. The van der Waals surface area contributed by atoms with Crippen molar-refractivity contribution < 1.29 is 5.11 Å². The summed E-state index contributed by atoms with van der Waals surface area (Å²) in [6.07, 6.45) is 4.32. The van der Waals surface area contributed by atoms with Crippen LogP contribution in [0.15, 0.2) is 18.6 Å². The molecule has 1 N–H and O–H groups in total. The number of aliphatic hydroxyl groups excluding tert-OH is 1. The number of hydrogen-bond acceptors (Lipinski definition) is 3. The Bertz CT molecular complexity index is 500. The largest absolute Gasteiger partial charge is 0.386 e. The monoisotopic (exact) mass is 234 g/mol. The third-order valence-electron chi connectivity index (χ3n) is 2.99. The van der Waals surface area contributed by atoms with E-state index in [2.05, 4.69) is 17.0 Å². The lowest BCUT2D eigenvalue weighted by Gasteiger charge is -2.10. The van der Waals surface area contributed by atoms with Crippen LogP contribution in [0.4, 0.5) is 0 Å². The van der Waals surface area contributed by atoms with Crippen LogP contribution in [0.3, 0.4) is 0 Å². The van der Waals surface area contributed by atoms with Gasteiger partial charge < -0.3 is 9.67 Å². The fraction of sp³-hybridized carbons (Fsp3) is 0.500. The number of nitrogens with zero attached hydrogens (tertiary/aromatic N) is 4. The molecule has 5 nitrogen and oxygen atoms in total. The van der Waals surface area contributed by atoms with Crippen LogP contribution in [0.2, 0.25) is 0 Å². The van der Waals surface area contributed by atoms with E-state index in [0.717, 1.165) is 23.5 Å². The average Bonchev–Trinajstić information content (AvgIpc) is 2.86. The van der Waals surface area contributed by atoms with E-state index in [4.69, 9.17) is 0 Å². The summed E-state index contributed by atoms with van der Waals surface area (Å²) in [5, 5.41) is 14.5. The Hall–Kier alpha value is -1.62. The molecule has 0 spiro atoms. The van der Waals surface area contributed by atoms with Crippen molar-refractivity contribution in [2.24, 2.45) is 14.1 Å². The van der Waals surface area contributed by atoms with Gasteiger partial charge in [0.25, 0.3) is 0 Å². The maximum absolute atomic E-state index is 10.1. The molecule has 1 unspecified atom stereocenters. The van der Waals surface area contributed by atoms with E-state index in [1.54, 1.807) is 12.5 Å². The summed E-state index contributed by atoms with van der Waals surface area (Å²) < 4.78 is 3.67. The van der Waals surface area contributed by atoms with E-state index < -0.39 is 6.10 Å². The summed E-state index contributed by atoms with van der Waals surface area (Å²) in [5.74, 6) is 0. The summed E-state index contributed by atoms with van der Waals surface area (Å²) in [4.78, 5) is 4.01. The first-order chi connectivity index (χ1) is 8.11. The molecule has 0 aliphatic carbocycles. The smallest absolute Gasteiger partial charge is 0.101 e. The Morgan fingerprint density at radius 2 is 2.18 bits per heavy atom. The Morgan fingerprint density at radius 1 is 1.41 bits per heavy atom. The molecule has 1 atom stereocenters. The van der Waals surface area contributed by atoms with Crippen molar-refractivity contribution in [2.45, 2.75) is 25.9 Å². The third-order valence-corrected chi connectivity index (χ3v) is 2.99. The summed E-state index contributed by atoms with van der Waals surface area (Å²) in [7, 11) is 3.79. The van der Waals surface area contributed by atoms with Gasteiger partial charge in [0, 0.05) is 26.2 Å². The quantitative estimate of drug-likeness (QED) is 0.858. The minimum Gasteiger partial charge on any atom is -0.386 e. The third kappa shape index (κ3) is 2.39. The predicted octanol–water partition coefficient (Wildman–Crippen LogP) is 0.992. The molecule has 2 aromatic rings. The van der Waals surface area contributed by atoms with E-state index in [1.807, 2.05) is 29.4 Å². The molecule has 17 heavy (non-hydrogen) atoms. The summed E-state index contributed by atoms with van der Waals surface area (Å²) in [6.45, 7) is 2.07. The molecule has 0 saturated carbocycles. The van der Waals surface area contributed by atoms with Crippen molar-refractivity contribution in [2.75, 3.05) is 0 Å². The highest BCUT2D eigenvalue weighted by Crippen LogP contribution is 2.17. The Labute approximate surface area is 101 Å². The lowest BCUT2D eigenvalue weighted by molar-refractivity contribution is 0.167. The molecule has 2 rings (SSSR count). The van der Waals surface area contributed by atoms with Crippen LogP contribution in [0.1, 0.15) is 30.1 Å². The van der Waals surface area contributed by atoms with Gasteiger partial charge in [-0.3, -0.25) is 4.68 Å². The number of aliphatic hydroxyl groups is 1. The molecule has 0 bridgehead atoms. The Morgan fingerprint density at radius 3 is 2.71 bits per heavy atom. The normalized spacial score (nSPS) is 12.9. The first kappa shape index (κ1) is 11.9. The van der Waals surface area contributed by atoms with Crippen LogP contribution in [0.5, 0.6) is 0 Å². The SMILES string of the molecule is CCc1cc(CC(O)c2cncn2C)n(C)n1. The molecule has 2 aromatic heterocycles. The molecule has 0 aromatic carbocycles. The summed E-state index contributed by atoms with van der Waals surface area (Å²) in [6, 6.07) is 2.04. The van der Waals surface area contributed by atoms with Gasteiger partial charge in [-0.25, -0.2) is 4.98 Å². The topological polar surface area (TPSA) is 55.9 Å². The molecule has 92 valence electrons. The van der Waals surface area contributed by atoms with Crippen LogP contribution in [-0.2, 0) is 26.9 Å². The first-order valence-corrected chi connectivity index (χ1v) is 5.78. The van der Waals surface area contributed by atoms with Crippen molar-refractivity contribution >= 4 is 0 Å². The van der Waals surface area contributed by atoms with Gasteiger partial charge in [-0.1, -0.05) is 6.92 Å². The summed E-state index contributed by atoms with van der Waals surface area (Å²) >= 11 is 0. The highest BCUT2D eigenvalue weighted by molar-refractivity contribution is 5.14. The lowest BCUT2D eigenvalue weighted by Crippen LogP contribution is -2.09. The maximum Gasteiger partial charge on any atom is 0.101 e. The van der Waals surface area contributed by atoms with E-state index in [0.29, 0.717) is 6.42 Å². The van der Waals surface area contributed by atoms with Gasteiger partial charge in [-0.15, -0.1) is 0 Å². The second-order valence-corrected chi connectivity index (χ2v) is 4.25. The molecule has 5 heteroatoms. The van der Waals surface area contributed by atoms with Crippen molar-refractivity contribution in [1.29, 1.82) is 0 Å². The minimum absolute atomic E-state index is 0.539. The van der Waals surface area contributed by atoms with Crippen LogP contribution < -0.4 is 0 Å². The maximum atomic E-state index is 10.1. The molecular weight excluding hydrogens is 216 g/mol. The highest BCUT2D eigenvalue weighted by Gasteiger charge is 2.14. The Balaban J connectivity index is 2.15. The van der Waals surface area contributed by atoms with E-state index in [1.165, 1.54) is 0 Å². The van der Waals surface area contributed by atoms with Gasteiger partial charge in [0.05, 0.1) is 23.9 Å². The molecule has 2 heterocycles. The zero-order valence-corrected chi connectivity index (χ0v) is 10.5. The van der Waals surface area contributed by atoms with Gasteiger partial charge in [0.15, 0.2) is 0 Å².